The summed E-state index contributed by atoms with van der Waals surface area (Å²) < 4.78 is 7.88. The van der Waals surface area contributed by atoms with E-state index in [4.69, 9.17) is 9.41 Å². The number of anilines is 1. The van der Waals surface area contributed by atoms with Gasteiger partial charge in [-0.2, -0.15) is 0 Å². The number of aliphatic imine (C=N–C) groups is 1. The number of aromatic hydroxyl groups is 1. The molecule has 1 spiro atoms. The van der Waals surface area contributed by atoms with Crippen LogP contribution in [0.15, 0.2) is 119 Å². The summed E-state index contributed by atoms with van der Waals surface area (Å²) in [4.78, 5) is 13.8. The maximum atomic E-state index is 10.3. The van der Waals surface area contributed by atoms with E-state index in [-0.39, 0.29) is 12.0 Å². The first kappa shape index (κ1) is 38.1. The van der Waals surface area contributed by atoms with E-state index in [0.29, 0.717) is 29.4 Å². The van der Waals surface area contributed by atoms with E-state index in [1.165, 1.54) is 75.2 Å². The summed E-state index contributed by atoms with van der Waals surface area (Å²) in [6.07, 6.45) is 12.2. The van der Waals surface area contributed by atoms with Gasteiger partial charge >= 0.3 is 0 Å². The summed E-state index contributed by atoms with van der Waals surface area (Å²) in [6.45, 7) is 8.67. The summed E-state index contributed by atoms with van der Waals surface area (Å²) in [7, 11) is 0. The molecular weight excluding hydrogens is 773 g/mol. The topological polar surface area (TPSA) is 92.6 Å². The lowest BCUT2D eigenvalue weighted by molar-refractivity contribution is 0.0283. The number of aryl methyl sites for hydroxylation is 3. The molecule has 5 heterocycles. The molecule has 0 bridgehead atoms. The van der Waals surface area contributed by atoms with Crippen LogP contribution in [0.25, 0.3) is 5.00 Å². The van der Waals surface area contributed by atoms with Gasteiger partial charge in [-0.3, -0.25) is 9.56 Å². The smallest absolute Gasteiger partial charge is 0.196 e. The Bertz CT molecular complexity index is 2720. The Balaban J connectivity index is 0.752. The molecule has 7 aromatic rings. The molecule has 3 atom stereocenters. The van der Waals surface area contributed by atoms with Crippen LogP contribution in [0, 0.1) is 32.1 Å². The number of oxazole rings is 1. The fourth-order valence-corrected chi connectivity index (χ4v) is 12.5. The molecule has 2 aliphatic carbocycles. The number of hydrogen-bond donors (Lipinski definition) is 1. The van der Waals surface area contributed by atoms with Crippen molar-refractivity contribution in [3.05, 3.63) is 176 Å². The summed E-state index contributed by atoms with van der Waals surface area (Å²) in [5.41, 5.74) is 13.2. The van der Waals surface area contributed by atoms with E-state index in [9.17, 15) is 5.11 Å². The van der Waals surface area contributed by atoms with E-state index in [1.54, 1.807) is 23.8 Å². The highest BCUT2D eigenvalue weighted by atomic mass is 32.1. The lowest BCUT2D eigenvalue weighted by Crippen LogP contribution is -2.47. The van der Waals surface area contributed by atoms with E-state index in [2.05, 4.69) is 123 Å². The highest BCUT2D eigenvalue weighted by Gasteiger charge is 2.45. The van der Waals surface area contributed by atoms with Crippen molar-refractivity contribution in [3.63, 3.8) is 0 Å². The quantitative estimate of drug-likeness (QED) is 0.164. The fraction of sp³-hybridized carbons (Fsp3) is 0.346. The normalized spacial score (nSPS) is 20.7. The number of nitrogens with zero attached hydrogens (tertiary/aromatic N) is 6. The third-order valence-electron chi connectivity index (χ3n) is 14.5. The Labute approximate surface area is 362 Å². The SMILES string of the molecule is Cc1sc2c(c1C)C(c1ccc(CC3CC4(CCN(c5ccc([C@@H]6c7ccc(O)cc7CC[C@@H]6c6ccccc6)cc5)CC4)C3)cc1)=N[C@@H](Cc1ncco1)c1nnc(C)n1-2. The zero-order valence-electron chi connectivity index (χ0n) is 35.2. The molecule has 0 amide bonds. The first-order valence-electron chi connectivity index (χ1n) is 22.1. The molecule has 3 aromatic heterocycles. The maximum absolute atomic E-state index is 10.3. The molecule has 61 heavy (non-hydrogen) atoms. The molecule has 0 radical (unpaired) electrons. The average Bonchev–Trinajstić information content (AvgIpc) is 3.99. The van der Waals surface area contributed by atoms with Crippen LogP contribution in [0.1, 0.15) is 117 Å². The minimum atomic E-state index is -0.268. The second kappa shape index (κ2) is 15.3. The first-order chi connectivity index (χ1) is 29.8. The first-order valence-corrected chi connectivity index (χ1v) is 22.9. The van der Waals surface area contributed by atoms with Crippen molar-refractivity contribution in [1.29, 1.82) is 0 Å². The van der Waals surface area contributed by atoms with Gasteiger partial charge in [-0.15, -0.1) is 21.5 Å². The summed E-state index contributed by atoms with van der Waals surface area (Å²) in [6, 6.07) is 35.4. The van der Waals surface area contributed by atoms with Gasteiger partial charge in [-0.1, -0.05) is 72.8 Å². The second-order valence-corrected chi connectivity index (χ2v) is 19.4. The maximum Gasteiger partial charge on any atom is 0.196 e. The summed E-state index contributed by atoms with van der Waals surface area (Å²) >= 11 is 1.79. The van der Waals surface area contributed by atoms with Crippen molar-refractivity contribution in [1.82, 2.24) is 19.7 Å². The molecule has 2 aliphatic heterocycles. The number of hydrogen-bond acceptors (Lipinski definition) is 8. The number of aromatic nitrogens is 4. The van der Waals surface area contributed by atoms with Crippen LogP contribution in [0.4, 0.5) is 5.69 Å². The highest BCUT2D eigenvalue weighted by Crippen LogP contribution is 2.54. The average molecular weight is 825 g/mol. The number of piperidine rings is 1. The molecule has 11 rings (SSSR count). The van der Waals surface area contributed by atoms with Crippen molar-refractivity contribution in [2.45, 2.75) is 90.0 Å². The highest BCUT2D eigenvalue weighted by molar-refractivity contribution is 7.15. The molecule has 4 aliphatic rings. The van der Waals surface area contributed by atoms with E-state index >= 15 is 0 Å². The van der Waals surface area contributed by atoms with Crippen LogP contribution in [0.2, 0.25) is 0 Å². The molecule has 0 unspecified atom stereocenters. The number of rotatable bonds is 8. The molecule has 2 fully saturated rings. The number of fused-ring (bicyclic) bond motifs is 4. The van der Waals surface area contributed by atoms with Gasteiger partial charge in [0.1, 0.15) is 28.9 Å². The Morgan fingerprint density at radius 3 is 2.39 bits per heavy atom. The minimum absolute atomic E-state index is 0.268. The minimum Gasteiger partial charge on any atom is -0.508 e. The monoisotopic (exact) mass is 824 g/mol. The molecule has 4 aromatic carbocycles. The molecule has 308 valence electrons. The lowest BCUT2D eigenvalue weighted by Gasteiger charge is -2.53. The van der Waals surface area contributed by atoms with Crippen molar-refractivity contribution >= 4 is 22.7 Å². The summed E-state index contributed by atoms with van der Waals surface area (Å²) in [5.74, 6) is 4.13. The Kier molecular flexibility index (Phi) is 9.55. The van der Waals surface area contributed by atoms with Crippen molar-refractivity contribution in [2.24, 2.45) is 16.3 Å². The van der Waals surface area contributed by atoms with Gasteiger partial charge in [-0.25, -0.2) is 4.98 Å². The van der Waals surface area contributed by atoms with Gasteiger partial charge in [0.05, 0.1) is 18.3 Å². The second-order valence-electron chi connectivity index (χ2n) is 18.2. The van der Waals surface area contributed by atoms with Crippen LogP contribution in [0.5, 0.6) is 5.75 Å². The largest absolute Gasteiger partial charge is 0.508 e. The van der Waals surface area contributed by atoms with Crippen molar-refractivity contribution in [3.8, 4) is 10.8 Å². The molecule has 1 N–H and O–H groups in total. The van der Waals surface area contributed by atoms with Gasteiger partial charge in [0.15, 0.2) is 11.7 Å². The van der Waals surface area contributed by atoms with Crippen molar-refractivity contribution in [2.75, 3.05) is 18.0 Å². The lowest BCUT2D eigenvalue weighted by atomic mass is 9.56. The fourth-order valence-electron chi connectivity index (χ4n) is 11.3. The van der Waals surface area contributed by atoms with E-state index in [0.717, 1.165) is 66.2 Å². The molecule has 1 saturated carbocycles. The molecule has 9 heteroatoms. The van der Waals surface area contributed by atoms with Gasteiger partial charge < -0.3 is 14.4 Å². The van der Waals surface area contributed by atoms with Gasteiger partial charge in [-0.05, 0) is 141 Å². The number of thiophene rings is 1. The number of phenolic OH excluding ortho intramolecular Hbond substituents is 1. The predicted octanol–water partition coefficient (Wildman–Crippen LogP) is 11.2. The van der Waals surface area contributed by atoms with Gasteiger partial charge in [0.2, 0.25) is 0 Å². The third kappa shape index (κ3) is 6.91. The third-order valence-corrected chi connectivity index (χ3v) is 15.7. The predicted molar refractivity (Wildman–Crippen MR) is 243 cm³/mol. The van der Waals surface area contributed by atoms with Gasteiger partial charge in [0.25, 0.3) is 0 Å². The Morgan fingerprint density at radius 2 is 1.64 bits per heavy atom. The number of phenols is 1. The van der Waals surface area contributed by atoms with Crippen LogP contribution in [0.3, 0.4) is 0 Å². The molecular formula is C52H52N6O2S. The van der Waals surface area contributed by atoms with E-state index < -0.39 is 0 Å². The molecule has 1 saturated heterocycles. The van der Waals surface area contributed by atoms with Crippen LogP contribution in [-0.2, 0) is 19.3 Å². The zero-order valence-corrected chi connectivity index (χ0v) is 36.0. The van der Waals surface area contributed by atoms with Crippen LogP contribution >= 0.6 is 11.3 Å². The Morgan fingerprint density at radius 1 is 0.852 bits per heavy atom. The van der Waals surface area contributed by atoms with E-state index in [1.807, 2.05) is 19.1 Å². The van der Waals surface area contributed by atoms with Crippen LogP contribution < -0.4 is 4.90 Å². The summed E-state index contributed by atoms with van der Waals surface area (Å²) in [5, 5.41) is 20.5. The zero-order chi connectivity index (χ0) is 41.2. The standard InChI is InChI=1S/C52H52N6O2S/c1-32-33(2)61-51-47(32)49(54-45(29-46-53-23-26-60-46)50-56-55-34(3)58(50)51)39-11-9-35(10-12-39)27-36-30-52(31-36)21-24-57(25-22-52)41-16-13-38(14-17-41)48-43(37-7-5-4-6-8-37)19-15-40-28-42(59)18-20-44(40)48/h4-14,16-18,20,23,26,28,36,43,45,48,59H,15,19,21-22,24-25,27,29-31H2,1-3H3/t43-,45+,48+/m1/s1. The van der Waals surface area contributed by atoms with Crippen LogP contribution in [-0.4, -0.2) is 43.7 Å². The number of benzene rings is 4. The Hall–Kier alpha value is -5.80. The van der Waals surface area contributed by atoms with Crippen molar-refractivity contribution < 1.29 is 9.52 Å². The molecule has 8 nitrogen and oxygen atoms in total. The van der Waals surface area contributed by atoms with Gasteiger partial charge in [0, 0.05) is 40.7 Å².